The summed E-state index contributed by atoms with van der Waals surface area (Å²) in [5, 5.41) is 0. The van der Waals surface area contributed by atoms with Crippen LogP contribution in [0.3, 0.4) is 0 Å². The first-order chi connectivity index (χ1) is 7.22. The second-order valence-electron chi connectivity index (χ2n) is 4.69. The third-order valence-electron chi connectivity index (χ3n) is 3.39. The second-order valence-corrected chi connectivity index (χ2v) is 4.69. The molecule has 2 N–H and O–H groups in total. The van der Waals surface area contributed by atoms with Gasteiger partial charge in [0.25, 0.3) is 0 Å². The van der Waals surface area contributed by atoms with Crippen molar-refractivity contribution in [3.8, 4) is 0 Å². The highest BCUT2D eigenvalue weighted by Gasteiger charge is 2.38. The number of carbonyl (C=O) groups is 1. The maximum absolute atomic E-state index is 11.6. The van der Waals surface area contributed by atoms with E-state index in [4.69, 9.17) is 5.73 Å². The van der Waals surface area contributed by atoms with Gasteiger partial charge in [0.05, 0.1) is 0 Å². The van der Waals surface area contributed by atoms with Crippen LogP contribution in [0, 0.1) is 0 Å². The standard InChI is InChI=1S/C11H21N3O/c1-9(15)14(10-2-3-10)11-4-6-13(8-11)7-5-12/h10-11H,2-8,12H2,1H3/t11-/m1/s1. The Morgan fingerprint density at radius 3 is 2.67 bits per heavy atom. The molecule has 86 valence electrons. The molecule has 0 bridgehead atoms. The zero-order valence-corrected chi connectivity index (χ0v) is 9.48. The first-order valence-corrected chi connectivity index (χ1v) is 5.93. The van der Waals surface area contributed by atoms with Crippen molar-refractivity contribution in [1.82, 2.24) is 9.80 Å². The lowest BCUT2D eigenvalue weighted by Crippen LogP contribution is -2.42. The molecule has 0 aromatic rings. The topological polar surface area (TPSA) is 49.6 Å². The molecule has 2 aliphatic rings. The van der Waals surface area contributed by atoms with E-state index in [1.165, 1.54) is 12.8 Å². The Kier molecular flexibility index (Phi) is 3.26. The maximum Gasteiger partial charge on any atom is 0.219 e. The Labute approximate surface area is 91.4 Å². The molecule has 15 heavy (non-hydrogen) atoms. The van der Waals surface area contributed by atoms with E-state index in [0.29, 0.717) is 12.1 Å². The molecule has 1 saturated heterocycles. The van der Waals surface area contributed by atoms with Gasteiger partial charge in [-0.1, -0.05) is 0 Å². The first kappa shape index (κ1) is 10.9. The van der Waals surface area contributed by atoms with Crippen molar-refractivity contribution >= 4 is 5.91 Å². The van der Waals surface area contributed by atoms with E-state index in [1.54, 1.807) is 6.92 Å². The van der Waals surface area contributed by atoms with Crippen LogP contribution >= 0.6 is 0 Å². The van der Waals surface area contributed by atoms with Gasteiger partial charge in [-0.3, -0.25) is 9.69 Å². The smallest absolute Gasteiger partial charge is 0.219 e. The van der Waals surface area contributed by atoms with Crippen molar-refractivity contribution in [1.29, 1.82) is 0 Å². The predicted octanol–water partition coefficient (Wildman–Crippen LogP) is 0.0303. The van der Waals surface area contributed by atoms with Crippen LogP contribution in [0.25, 0.3) is 0 Å². The van der Waals surface area contributed by atoms with Gasteiger partial charge in [-0.15, -0.1) is 0 Å². The molecule has 0 spiro atoms. The zero-order valence-electron chi connectivity index (χ0n) is 9.48. The Morgan fingerprint density at radius 2 is 2.13 bits per heavy atom. The Morgan fingerprint density at radius 1 is 1.40 bits per heavy atom. The molecule has 1 heterocycles. The van der Waals surface area contributed by atoms with E-state index in [0.717, 1.165) is 32.6 Å². The molecule has 2 rings (SSSR count). The molecule has 1 aliphatic carbocycles. The molecule has 1 aliphatic heterocycles. The number of likely N-dealkylation sites (tertiary alicyclic amines) is 1. The molecule has 4 nitrogen and oxygen atoms in total. The molecule has 1 amide bonds. The number of rotatable bonds is 4. The lowest BCUT2D eigenvalue weighted by Gasteiger charge is -2.28. The minimum Gasteiger partial charge on any atom is -0.336 e. The van der Waals surface area contributed by atoms with Crippen LogP contribution in [0.1, 0.15) is 26.2 Å². The van der Waals surface area contributed by atoms with Crippen molar-refractivity contribution in [2.24, 2.45) is 5.73 Å². The fourth-order valence-electron chi connectivity index (χ4n) is 2.59. The number of carbonyl (C=O) groups excluding carboxylic acids is 1. The highest BCUT2D eigenvalue weighted by Crippen LogP contribution is 2.31. The summed E-state index contributed by atoms with van der Waals surface area (Å²) in [5.74, 6) is 0.247. The van der Waals surface area contributed by atoms with E-state index in [-0.39, 0.29) is 5.91 Å². The lowest BCUT2D eigenvalue weighted by molar-refractivity contribution is -0.131. The van der Waals surface area contributed by atoms with Crippen LogP contribution in [0.15, 0.2) is 0 Å². The Bertz CT molecular complexity index is 240. The summed E-state index contributed by atoms with van der Waals surface area (Å²) >= 11 is 0. The number of nitrogens with zero attached hydrogens (tertiary/aromatic N) is 2. The summed E-state index contributed by atoms with van der Waals surface area (Å²) in [6, 6.07) is 0.992. The van der Waals surface area contributed by atoms with Gasteiger partial charge in [0.15, 0.2) is 0 Å². The van der Waals surface area contributed by atoms with Gasteiger partial charge in [-0.2, -0.15) is 0 Å². The largest absolute Gasteiger partial charge is 0.336 e. The minimum absolute atomic E-state index is 0.247. The highest BCUT2D eigenvalue weighted by molar-refractivity contribution is 5.74. The molecule has 4 heteroatoms. The Balaban J connectivity index is 1.89. The zero-order chi connectivity index (χ0) is 10.8. The van der Waals surface area contributed by atoms with Crippen molar-refractivity contribution < 1.29 is 4.79 Å². The quantitative estimate of drug-likeness (QED) is 0.714. The average molecular weight is 211 g/mol. The van der Waals surface area contributed by atoms with Crippen molar-refractivity contribution in [2.75, 3.05) is 26.2 Å². The van der Waals surface area contributed by atoms with Gasteiger partial charge in [0.2, 0.25) is 5.91 Å². The number of nitrogens with two attached hydrogens (primary N) is 1. The normalized spacial score (nSPS) is 26.9. The van der Waals surface area contributed by atoms with E-state index in [9.17, 15) is 4.79 Å². The summed E-state index contributed by atoms with van der Waals surface area (Å²) in [6.45, 7) is 5.50. The van der Waals surface area contributed by atoms with Crippen molar-refractivity contribution in [2.45, 2.75) is 38.3 Å². The van der Waals surface area contributed by atoms with E-state index in [1.807, 2.05) is 0 Å². The van der Waals surface area contributed by atoms with Crippen molar-refractivity contribution in [3.05, 3.63) is 0 Å². The van der Waals surface area contributed by atoms with Gasteiger partial charge in [0.1, 0.15) is 0 Å². The molecular weight excluding hydrogens is 190 g/mol. The molecule has 0 aromatic carbocycles. The van der Waals surface area contributed by atoms with Crippen LogP contribution in [0.4, 0.5) is 0 Å². The highest BCUT2D eigenvalue weighted by atomic mass is 16.2. The summed E-state index contributed by atoms with van der Waals surface area (Å²) in [4.78, 5) is 16.0. The summed E-state index contributed by atoms with van der Waals surface area (Å²) in [6.07, 6.45) is 3.52. The van der Waals surface area contributed by atoms with Crippen LogP contribution < -0.4 is 5.73 Å². The fourth-order valence-corrected chi connectivity index (χ4v) is 2.59. The first-order valence-electron chi connectivity index (χ1n) is 5.93. The summed E-state index contributed by atoms with van der Waals surface area (Å²) in [5.41, 5.74) is 5.54. The van der Waals surface area contributed by atoms with E-state index >= 15 is 0 Å². The molecule has 0 aromatic heterocycles. The van der Waals surface area contributed by atoms with E-state index < -0.39 is 0 Å². The molecule has 1 saturated carbocycles. The maximum atomic E-state index is 11.6. The molecule has 1 atom stereocenters. The van der Waals surface area contributed by atoms with Gasteiger partial charge in [-0.05, 0) is 19.3 Å². The van der Waals surface area contributed by atoms with Crippen molar-refractivity contribution in [3.63, 3.8) is 0 Å². The number of amides is 1. The predicted molar refractivity (Wildman–Crippen MR) is 59.4 cm³/mol. The second kappa shape index (κ2) is 4.49. The average Bonchev–Trinajstić information content (AvgIpc) is 2.88. The van der Waals surface area contributed by atoms with Gasteiger partial charge >= 0.3 is 0 Å². The Hall–Kier alpha value is -0.610. The fraction of sp³-hybridized carbons (Fsp3) is 0.909. The van der Waals surface area contributed by atoms with Crippen LogP contribution in [-0.4, -0.2) is 54.0 Å². The molecule has 0 unspecified atom stereocenters. The lowest BCUT2D eigenvalue weighted by atomic mass is 10.2. The van der Waals surface area contributed by atoms with Crippen LogP contribution in [-0.2, 0) is 4.79 Å². The third kappa shape index (κ3) is 2.49. The monoisotopic (exact) mass is 211 g/mol. The number of hydrogen-bond donors (Lipinski definition) is 1. The van der Waals surface area contributed by atoms with Crippen LogP contribution in [0.2, 0.25) is 0 Å². The summed E-state index contributed by atoms with van der Waals surface area (Å²) < 4.78 is 0. The van der Waals surface area contributed by atoms with E-state index in [2.05, 4.69) is 9.80 Å². The summed E-state index contributed by atoms with van der Waals surface area (Å²) in [7, 11) is 0. The third-order valence-corrected chi connectivity index (χ3v) is 3.39. The minimum atomic E-state index is 0.247. The SMILES string of the molecule is CC(=O)N(C1CC1)[C@@H]1CCN(CCN)C1. The molecule has 2 fully saturated rings. The van der Waals surface area contributed by atoms with Gasteiger partial charge in [-0.25, -0.2) is 0 Å². The number of hydrogen-bond acceptors (Lipinski definition) is 3. The van der Waals surface area contributed by atoms with Crippen LogP contribution in [0.5, 0.6) is 0 Å². The van der Waals surface area contributed by atoms with Gasteiger partial charge < -0.3 is 10.6 Å². The van der Waals surface area contributed by atoms with Gasteiger partial charge in [0, 0.05) is 45.2 Å². The molecule has 0 radical (unpaired) electrons. The molecular formula is C11H21N3O.